The summed E-state index contributed by atoms with van der Waals surface area (Å²) in [6, 6.07) is 8.19. The Hall–Kier alpha value is -1.36. The van der Waals surface area contributed by atoms with Crippen LogP contribution in [0.5, 0.6) is 0 Å². The van der Waals surface area contributed by atoms with Crippen molar-refractivity contribution in [2.24, 2.45) is 11.7 Å². The molecule has 0 spiro atoms. The van der Waals surface area contributed by atoms with Gasteiger partial charge in [0, 0.05) is 10.9 Å². The largest absolute Gasteiger partial charge is 0.465 e. The van der Waals surface area contributed by atoms with Crippen molar-refractivity contribution in [3.05, 3.63) is 34.3 Å². The third-order valence-electron chi connectivity index (χ3n) is 2.94. The normalized spacial score (nSPS) is 11.9. The summed E-state index contributed by atoms with van der Waals surface area (Å²) in [5, 5.41) is 0. The van der Waals surface area contributed by atoms with Gasteiger partial charge in [-0.15, -0.1) is 0 Å². The van der Waals surface area contributed by atoms with Crippen LogP contribution in [-0.2, 0) is 20.7 Å². The van der Waals surface area contributed by atoms with E-state index in [0.29, 0.717) is 6.61 Å². The number of primary amides is 1. The van der Waals surface area contributed by atoms with Crippen molar-refractivity contribution in [3.63, 3.8) is 0 Å². The molecule has 4 nitrogen and oxygen atoms in total. The van der Waals surface area contributed by atoms with Crippen LogP contribution in [0, 0.1) is 5.92 Å². The lowest BCUT2D eigenvalue weighted by Gasteiger charge is -2.12. The second kappa shape index (κ2) is 8.74. The van der Waals surface area contributed by atoms with Gasteiger partial charge in [0.05, 0.1) is 13.0 Å². The van der Waals surface area contributed by atoms with Crippen LogP contribution in [0.15, 0.2) is 28.7 Å². The summed E-state index contributed by atoms with van der Waals surface area (Å²) in [5.74, 6) is -0.555. The number of amides is 1. The van der Waals surface area contributed by atoms with Gasteiger partial charge in [0.2, 0.25) is 5.91 Å². The molecule has 1 atom stereocenters. The highest BCUT2D eigenvalue weighted by molar-refractivity contribution is 9.10. The Morgan fingerprint density at radius 1 is 1.25 bits per heavy atom. The van der Waals surface area contributed by atoms with Crippen LogP contribution >= 0.6 is 15.9 Å². The number of carbonyl (C=O) groups is 2. The van der Waals surface area contributed by atoms with E-state index in [1.54, 1.807) is 0 Å². The van der Waals surface area contributed by atoms with Crippen LogP contribution in [0.4, 0.5) is 0 Å². The van der Waals surface area contributed by atoms with Crippen LogP contribution in [0.1, 0.15) is 31.7 Å². The zero-order valence-electron chi connectivity index (χ0n) is 11.6. The molecule has 1 aromatic rings. The van der Waals surface area contributed by atoms with Crippen molar-refractivity contribution < 1.29 is 14.3 Å². The molecule has 0 aliphatic rings. The SMILES string of the molecule is CC(CCc1ccc(Br)cc1)COC(=O)CCC(N)=O. The molecule has 0 radical (unpaired) electrons. The number of carbonyl (C=O) groups excluding carboxylic acids is 2. The summed E-state index contributed by atoms with van der Waals surface area (Å²) in [6.45, 7) is 2.42. The van der Waals surface area contributed by atoms with E-state index in [1.807, 2.05) is 19.1 Å². The van der Waals surface area contributed by atoms with Crippen molar-refractivity contribution in [1.82, 2.24) is 0 Å². The molecule has 1 unspecified atom stereocenters. The van der Waals surface area contributed by atoms with Gasteiger partial charge in [0.1, 0.15) is 0 Å². The summed E-state index contributed by atoms with van der Waals surface area (Å²) in [7, 11) is 0. The Morgan fingerprint density at radius 2 is 1.90 bits per heavy atom. The van der Waals surface area contributed by atoms with Gasteiger partial charge in [-0.3, -0.25) is 9.59 Å². The molecule has 0 heterocycles. The standard InChI is InChI=1S/C15H20BrNO3/c1-11(10-20-15(19)9-8-14(17)18)2-3-12-4-6-13(16)7-5-12/h4-7,11H,2-3,8-10H2,1H3,(H2,17,18). The molecule has 5 heteroatoms. The minimum atomic E-state index is -0.481. The number of nitrogens with two attached hydrogens (primary N) is 1. The molecule has 0 aromatic heterocycles. The van der Waals surface area contributed by atoms with Gasteiger partial charge in [-0.25, -0.2) is 0 Å². The molecular weight excluding hydrogens is 322 g/mol. The molecule has 110 valence electrons. The maximum atomic E-state index is 11.3. The van der Waals surface area contributed by atoms with E-state index in [4.69, 9.17) is 10.5 Å². The minimum absolute atomic E-state index is 0.0477. The van der Waals surface area contributed by atoms with Gasteiger partial charge in [0.25, 0.3) is 0 Å². The topological polar surface area (TPSA) is 69.4 Å². The summed E-state index contributed by atoms with van der Waals surface area (Å²) in [6.07, 6.45) is 2.01. The smallest absolute Gasteiger partial charge is 0.306 e. The first kappa shape index (κ1) is 16.7. The fraction of sp³-hybridized carbons (Fsp3) is 0.467. The molecule has 0 saturated heterocycles. The fourth-order valence-electron chi connectivity index (χ4n) is 1.68. The first-order chi connectivity index (χ1) is 9.47. The van der Waals surface area contributed by atoms with Crippen molar-refractivity contribution in [2.75, 3.05) is 6.61 Å². The number of esters is 1. The maximum absolute atomic E-state index is 11.3. The van der Waals surface area contributed by atoms with Crippen LogP contribution in [-0.4, -0.2) is 18.5 Å². The van der Waals surface area contributed by atoms with Gasteiger partial charge in [0.15, 0.2) is 0 Å². The highest BCUT2D eigenvalue weighted by atomic mass is 79.9. The summed E-state index contributed by atoms with van der Waals surface area (Å²) in [4.78, 5) is 21.9. The summed E-state index contributed by atoms with van der Waals surface area (Å²) >= 11 is 3.40. The molecule has 0 aliphatic carbocycles. The number of aryl methyl sites for hydroxylation is 1. The van der Waals surface area contributed by atoms with Crippen molar-refractivity contribution in [2.45, 2.75) is 32.6 Å². The average molecular weight is 342 g/mol. The molecule has 1 amide bonds. The van der Waals surface area contributed by atoms with E-state index in [0.717, 1.165) is 17.3 Å². The quantitative estimate of drug-likeness (QED) is 0.739. The lowest BCUT2D eigenvalue weighted by molar-refractivity contribution is -0.146. The van der Waals surface area contributed by atoms with E-state index in [1.165, 1.54) is 5.56 Å². The van der Waals surface area contributed by atoms with Crippen LogP contribution < -0.4 is 5.73 Å². The van der Waals surface area contributed by atoms with E-state index < -0.39 is 5.91 Å². The Kier molecular flexibility index (Phi) is 7.30. The fourth-order valence-corrected chi connectivity index (χ4v) is 1.94. The second-order valence-electron chi connectivity index (χ2n) is 4.92. The van der Waals surface area contributed by atoms with Gasteiger partial charge in [-0.1, -0.05) is 35.0 Å². The van der Waals surface area contributed by atoms with Gasteiger partial charge in [-0.05, 0) is 36.5 Å². The lowest BCUT2D eigenvalue weighted by atomic mass is 10.0. The molecule has 0 aliphatic heterocycles. The summed E-state index contributed by atoms with van der Waals surface area (Å²) < 4.78 is 6.17. The van der Waals surface area contributed by atoms with Crippen molar-refractivity contribution >= 4 is 27.8 Å². The van der Waals surface area contributed by atoms with Crippen molar-refractivity contribution in [3.8, 4) is 0 Å². The first-order valence-corrected chi connectivity index (χ1v) is 7.45. The Morgan fingerprint density at radius 3 is 2.50 bits per heavy atom. The third kappa shape index (κ3) is 7.28. The van der Waals surface area contributed by atoms with E-state index >= 15 is 0 Å². The molecule has 2 N–H and O–H groups in total. The highest BCUT2D eigenvalue weighted by Gasteiger charge is 2.09. The molecule has 0 saturated carbocycles. The number of hydrogen-bond donors (Lipinski definition) is 1. The summed E-state index contributed by atoms with van der Waals surface area (Å²) in [5.41, 5.74) is 6.23. The van der Waals surface area contributed by atoms with Gasteiger partial charge >= 0.3 is 5.97 Å². The predicted molar refractivity (Wildman–Crippen MR) is 81.0 cm³/mol. The van der Waals surface area contributed by atoms with E-state index in [9.17, 15) is 9.59 Å². The minimum Gasteiger partial charge on any atom is -0.465 e. The lowest BCUT2D eigenvalue weighted by Crippen LogP contribution is -2.16. The zero-order chi connectivity index (χ0) is 15.0. The van der Waals surface area contributed by atoms with E-state index in [2.05, 4.69) is 28.1 Å². The monoisotopic (exact) mass is 341 g/mol. The zero-order valence-corrected chi connectivity index (χ0v) is 13.2. The average Bonchev–Trinajstić information content (AvgIpc) is 2.42. The predicted octanol–water partition coefficient (Wildman–Crippen LogP) is 2.83. The third-order valence-corrected chi connectivity index (χ3v) is 3.47. The highest BCUT2D eigenvalue weighted by Crippen LogP contribution is 2.14. The molecule has 1 rings (SSSR count). The Balaban J connectivity index is 2.20. The molecule has 0 fully saturated rings. The first-order valence-electron chi connectivity index (χ1n) is 6.65. The van der Waals surface area contributed by atoms with Crippen LogP contribution in [0.25, 0.3) is 0 Å². The van der Waals surface area contributed by atoms with Crippen LogP contribution in [0.2, 0.25) is 0 Å². The van der Waals surface area contributed by atoms with Gasteiger partial charge < -0.3 is 10.5 Å². The Bertz CT molecular complexity index is 445. The second-order valence-corrected chi connectivity index (χ2v) is 5.84. The Labute approximate surface area is 127 Å². The van der Waals surface area contributed by atoms with Crippen molar-refractivity contribution in [1.29, 1.82) is 0 Å². The van der Waals surface area contributed by atoms with Crippen LogP contribution in [0.3, 0.4) is 0 Å². The molecular formula is C15H20BrNO3. The van der Waals surface area contributed by atoms with E-state index in [-0.39, 0.29) is 24.7 Å². The number of benzene rings is 1. The number of rotatable bonds is 8. The number of halogens is 1. The van der Waals surface area contributed by atoms with Gasteiger partial charge in [-0.2, -0.15) is 0 Å². The maximum Gasteiger partial charge on any atom is 0.306 e. The number of ether oxygens (including phenoxy) is 1. The molecule has 0 bridgehead atoms. The molecule has 1 aromatic carbocycles. The number of hydrogen-bond acceptors (Lipinski definition) is 3. The molecule has 20 heavy (non-hydrogen) atoms.